The molecule has 33 heavy (non-hydrogen) atoms. The molecule has 2 aromatic rings. The van der Waals surface area contributed by atoms with Crippen molar-refractivity contribution in [1.29, 1.82) is 0 Å². The molecule has 1 aliphatic heterocycles. The molecule has 0 bridgehead atoms. The second kappa shape index (κ2) is 12.1. The Balaban J connectivity index is 1.77. The summed E-state index contributed by atoms with van der Waals surface area (Å²) in [6, 6.07) is 9.63. The van der Waals surface area contributed by atoms with Crippen molar-refractivity contribution < 1.29 is 32.5 Å². The van der Waals surface area contributed by atoms with Crippen molar-refractivity contribution in [3.63, 3.8) is 0 Å². The van der Waals surface area contributed by atoms with Crippen LogP contribution in [-0.4, -0.2) is 52.0 Å². The zero-order valence-electron chi connectivity index (χ0n) is 18.7. The zero-order chi connectivity index (χ0) is 23.6. The van der Waals surface area contributed by atoms with Crippen LogP contribution in [0.4, 0.5) is 20.2 Å². The van der Waals surface area contributed by atoms with E-state index >= 15 is 0 Å². The Morgan fingerprint density at radius 2 is 1.76 bits per heavy atom. The number of carbonyl (C=O) groups excluding carboxylic acids is 1. The van der Waals surface area contributed by atoms with Gasteiger partial charge in [0, 0.05) is 31.3 Å². The SMILES string of the molecule is CCOc1cc(N2CCOCC2)c(OCC)cc1NC(=O)/C=C/c1ccc(OC(F)F)cc1. The van der Waals surface area contributed by atoms with Gasteiger partial charge in [-0.1, -0.05) is 12.1 Å². The van der Waals surface area contributed by atoms with E-state index in [1.165, 1.54) is 18.2 Å². The van der Waals surface area contributed by atoms with E-state index in [2.05, 4.69) is 15.0 Å². The van der Waals surface area contributed by atoms with E-state index < -0.39 is 6.61 Å². The number of nitrogens with one attached hydrogen (secondary N) is 1. The van der Waals surface area contributed by atoms with Crippen molar-refractivity contribution in [2.24, 2.45) is 0 Å². The number of rotatable bonds is 10. The van der Waals surface area contributed by atoms with Gasteiger partial charge in [0.05, 0.1) is 37.8 Å². The Hall–Kier alpha value is -3.33. The van der Waals surface area contributed by atoms with Gasteiger partial charge in [0.25, 0.3) is 0 Å². The van der Waals surface area contributed by atoms with Crippen LogP contribution in [0.2, 0.25) is 0 Å². The Kier molecular flexibility index (Phi) is 8.88. The molecule has 1 amide bonds. The molecule has 0 unspecified atom stereocenters. The lowest BCUT2D eigenvalue weighted by molar-refractivity contribution is -0.111. The van der Waals surface area contributed by atoms with Crippen LogP contribution in [0.15, 0.2) is 42.5 Å². The van der Waals surface area contributed by atoms with Gasteiger partial charge in [-0.15, -0.1) is 0 Å². The number of hydrogen-bond acceptors (Lipinski definition) is 6. The maximum absolute atomic E-state index is 12.6. The summed E-state index contributed by atoms with van der Waals surface area (Å²) in [5.74, 6) is 0.872. The van der Waals surface area contributed by atoms with Crippen LogP contribution in [0.3, 0.4) is 0 Å². The molecule has 3 rings (SSSR count). The van der Waals surface area contributed by atoms with E-state index in [9.17, 15) is 13.6 Å². The summed E-state index contributed by atoms with van der Waals surface area (Å²) in [6.07, 6.45) is 2.93. The predicted octanol–water partition coefficient (Wildman–Crippen LogP) is 4.57. The molecule has 1 aliphatic rings. The molecular weight excluding hydrogens is 434 g/mol. The van der Waals surface area contributed by atoms with Crippen LogP contribution in [0.25, 0.3) is 6.08 Å². The summed E-state index contributed by atoms with van der Waals surface area (Å²) in [5.41, 5.74) is 2.05. The number of morpholine rings is 1. The second-order valence-electron chi connectivity index (χ2n) is 7.05. The van der Waals surface area contributed by atoms with Crippen molar-refractivity contribution in [2.75, 3.05) is 49.7 Å². The number of amides is 1. The van der Waals surface area contributed by atoms with E-state index in [1.54, 1.807) is 24.3 Å². The fourth-order valence-corrected chi connectivity index (χ4v) is 3.35. The van der Waals surface area contributed by atoms with Crippen LogP contribution in [0.5, 0.6) is 17.2 Å². The van der Waals surface area contributed by atoms with Gasteiger partial charge in [-0.3, -0.25) is 4.79 Å². The van der Waals surface area contributed by atoms with Gasteiger partial charge >= 0.3 is 6.61 Å². The second-order valence-corrected chi connectivity index (χ2v) is 7.05. The Labute approximate surface area is 191 Å². The van der Waals surface area contributed by atoms with E-state index in [0.717, 1.165) is 18.8 Å². The first-order valence-corrected chi connectivity index (χ1v) is 10.8. The lowest BCUT2D eigenvalue weighted by Crippen LogP contribution is -2.36. The molecule has 0 radical (unpaired) electrons. The fourth-order valence-electron chi connectivity index (χ4n) is 3.35. The Morgan fingerprint density at radius 1 is 1.09 bits per heavy atom. The van der Waals surface area contributed by atoms with E-state index in [0.29, 0.717) is 49.2 Å². The van der Waals surface area contributed by atoms with Crippen LogP contribution in [-0.2, 0) is 9.53 Å². The molecule has 0 spiro atoms. The number of ether oxygens (including phenoxy) is 4. The third-order valence-electron chi connectivity index (χ3n) is 4.80. The smallest absolute Gasteiger partial charge is 0.387 e. The third-order valence-corrected chi connectivity index (χ3v) is 4.80. The van der Waals surface area contributed by atoms with Gasteiger partial charge in [0.1, 0.15) is 17.2 Å². The molecular formula is C24H28F2N2O5. The molecule has 0 aliphatic carbocycles. The van der Waals surface area contributed by atoms with Crippen molar-refractivity contribution in [2.45, 2.75) is 20.5 Å². The van der Waals surface area contributed by atoms with Crippen LogP contribution < -0.4 is 24.4 Å². The van der Waals surface area contributed by atoms with Gasteiger partial charge < -0.3 is 29.2 Å². The number of benzene rings is 2. The lowest BCUT2D eigenvalue weighted by atomic mass is 10.2. The first kappa shape index (κ1) is 24.3. The minimum atomic E-state index is -2.88. The first-order chi connectivity index (χ1) is 16.0. The quantitative estimate of drug-likeness (QED) is 0.522. The number of anilines is 2. The van der Waals surface area contributed by atoms with Crippen molar-refractivity contribution in [3.8, 4) is 17.2 Å². The zero-order valence-corrected chi connectivity index (χ0v) is 18.7. The van der Waals surface area contributed by atoms with Crippen LogP contribution in [0.1, 0.15) is 19.4 Å². The molecule has 0 atom stereocenters. The topological polar surface area (TPSA) is 69.3 Å². The molecule has 178 valence electrons. The monoisotopic (exact) mass is 462 g/mol. The summed E-state index contributed by atoms with van der Waals surface area (Å²) in [5, 5.41) is 2.83. The van der Waals surface area contributed by atoms with Gasteiger partial charge in [-0.05, 0) is 37.6 Å². The standard InChI is InChI=1S/C24H28F2N2O5/c1-3-31-21-16-20(28-11-13-30-14-12-28)22(32-4-2)15-19(21)27-23(29)10-7-17-5-8-18(9-6-17)33-24(25)26/h5-10,15-16,24H,3-4,11-14H2,1-2H3,(H,27,29)/b10-7+. The minimum Gasteiger partial charge on any atom is -0.492 e. The van der Waals surface area contributed by atoms with E-state index in [-0.39, 0.29) is 11.7 Å². The molecule has 1 saturated heterocycles. The Bertz CT molecular complexity index is 945. The molecule has 2 aromatic carbocycles. The summed E-state index contributed by atoms with van der Waals surface area (Å²) < 4.78 is 45.9. The van der Waals surface area contributed by atoms with Crippen LogP contribution in [0, 0.1) is 0 Å². The molecule has 1 heterocycles. The highest BCUT2D eigenvalue weighted by Gasteiger charge is 2.20. The number of halogens is 2. The van der Waals surface area contributed by atoms with Gasteiger partial charge in [-0.2, -0.15) is 8.78 Å². The summed E-state index contributed by atoms with van der Waals surface area (Å²) in [6.45, 7) is 4.54. The average Bonchev–Trinajstić information content (AvgIpc) is 2.80. The highest BCUT2D eigenvalue weighted by atomic mass is 19.3. The number of alkyl halides is 2. The molecule has 0 aromatic heterocycles. The molecule has 1 fully saturated rings. The first-order valence-electron chi connectivity index (χ1n) is 10.8. The molecule has 9 heteroatoms. The van der Waals surface area contributed by atoms with Crippen LogP contribution >= 0.6 is 0 Å². The van der Waals surface area contributed by atoms with Gasteiger partial charge in [0.15, 0.2) is 0 Å². The largest absolute Gasteiger partial charge is 0.492 e. The fraction of sp³-hybridized carbons (Fsp3) is 0.375. The number of nitrogens with zero attached hydrogens (tertiary/aromatic N) is 1. The third kappa shape index (κ3) is 7.08. The van der Waals surface area contributed by atoms with Crippen molar-refractivity contribution >= 4 is 23.4 Å². The van der Waals surface area contributed by atoms with E-state index in [4.69, 9.17) is 14.2 Å². The average molecular weight is 462 g/mol. The summed E-state index contributed by atoms with van der Waals surface area (Å²) in [7, 11) is 0. The maximum atomic E-state index is 12.6. The molecule has 7 nitrogen and oxygen atoms in total. The number of hydrogen-bond donors (Lipinski definition) is 1. The number of carbonyl (C=O) groups is 1. The maximum Gasteiger partial charge on any atom is 0.387 e. The summed E-state index contributed by atoms with van der Waals surface area (Å²) >= 11 is 0. The minimum absolute atomic E-state index is 0.0526. The molecule has 1 N–H and O–H groups in total. The Morgan fingerprint density at radius 3 is 2.39 bits per heavy atom. The van der Waals surface area contributed by atoms with E-state index in [1.807, 2.05) is 19.9 Å². The lowest BCUT2D eigenvalue weighted by Gasteiger charge is -2.31. The van der Waals surface area contributed by atoms with Crippen molar-refractivity contribution in [3.05, 3.63) is 48.0 Å². The van der Waals surface area contributed by atoms with Gasteiger partial charge in [-0.25, -0.2) is 0 Å². The highest BCUT2D eigenvalue weighted by molar-refractivity contribution is 6.03. The van der Waals surface area contributed by atoms with Crippen molar-refractivity contribution in [1.82, 2.24) is 0 Å². The van der Waals surface area contributed by atoms with Gasteiger partial charge in [0.2, 0.25) is 5.91 Å². The normalized spacial score (nSPS) is 13.9. The summed E-state index contributed by atoms with van der Waals surface area (Å²) in [4.78, 5) is 14.7. The predicted molar refractivity (Wildman–Crippen MR) is 123 cm³/mol. The molecule has 0 saturated carbocycles. The highest BCUT2D eigenvalue weighted by Crippen LogP contribution is 2.39.